The first-order valence-corrected chi connectivity index (χ1v) is 7.42. The van der Waals surface area contributed by atoms with Crippen LogP contribution in [0.5, 0.6) is 0 Å². The standard InChI is InChI=1S/C14H19BrN2O2/c1-11-10-12(2-3-13(11)15)16-14(18)4-5-17-6-8-19-9-7-17/h2-3,10H,4-9H2,1H3,(H,16,18)/p+1. The number of rotatable bonds is 4. The summed E-state index contributed by atoms with van der Waals surface area (Å²) in [6, 6.07) is 5.85. The van der Waals surface area contributed by atoms with Gasteiger partial charge in [0.05, 0.1) is 26.2 Å². The van der Waals surface area contributed by atoms with E-state index in [-0.39, 0.29) is 5.91 Å². The van der Waals surface area contributed by atoms with Crippen molar-refractivity contribution in [3.63, 3.8) is 0 Å². The van der Waals surface area contributed by atoms with E-state index in [1.165, 1.54) is 4.90 Å². The number of ether oxygens (including phenoxy) is 1. The van der Waals surface area contributed by atoms with E-state index in [4.69, 9.17) is 4.74 Å². The van der Waals surface area contributed by atoms with Crippen LogP contribution in [0, 0.1) is 6.92 Å². The second-order valence-electron chi connectivity index (χ2n) is 4.87. The molecule has 2 rings (SSSR count). The molecule has 1 aromatic rings. The van der Waals surface area contributed by atoms with E-state index in [0.717, 1.165) is 48.6 Å². The molecule has 0 saturated carbocycles. The van der Waals surface area contributed by atoms with Gasteiger partial charge in [-0.05, 0) is 30.7 Å². The summed E-state index contributed by atoms with van der Waals surface area (Å²) in [4.78, 5) is 13.3. The van der Waals surface area contributed by atoms with Gasteiger partial charge in [-0.3, -0.25) is 4.79 Å². The molecule has 19 heavy (non-hydrogen) atoms. The van der Waals surface area contributed by atoms with Gasteiger partial charge in [0.1, 0.15) is 13.1 Å². The molecule has 0 radical (unpaired) electrons. The number of halogens is 1. The summed E-state index contributed by atoms with van der Waals surface area (Å²) >= 11 is 3.45. The molecule has 1 aliphatic rings. The van der Waals surface area contributed by atoms with Crippen molar-refractivity contribution in [3.05, 3.63) is 28.2 Å². The third-order valence-electron chi connectivity index (χ3n) is 3.35. The van der Waals surface area contributed by atoms with Crippen molar-refractivity contribution < 1.29 is 14.4 Å². The van der Waals surface area contributed by atoms with Gasteiger partial charge in [0.25, 0.3) is 0 Å². The maximum Gasteiger partial charge on any atom is 0.230 e. The van der Waals surface area contributed by atoms with Crippen LogP contribution in [0.25, 0.3) is 0 Å². The summed E-state index contributed by atoms with van der Waals surface area (Å²) in [6.45, 7) is 6.52. The van der Waals surface area contributed by atoms with Gasteiger partial charge in [-0.1, -0.05) is 15.9 Å². The maximum atomic E-state index is 11.9. The number of aryl methyl sites for hydroxylation is 1. The van der Waals surface area contributed by atoms with Crippen molar-refractivity contribution in [1.82, 2.24) is 0 Å². The number of nitrogens with one attached hydrogen (secondary N) is 2. The van der Waals surface area contributed by atoms with Crippen LogP contribution in [0.1, 0.15) is 12.0 Å². The largest absolute Gasteiger partial charge is 0.370 e. The molecule has 0 aliphatic carbocycles. The minimum absolute atomic E-state index is 0.0840. The normalized spacial score (nSPS) is 16.3. The minimum Gasteiger partial charge on any atom is -0.370 e. The highest BCUT2D eigenvalue weighted by molar-refractivity contribution is 9.10. The minimum atomic E-state index is 0.0840. The number of hydrogen-bond acceptors (Lipinski definition) is 2. The fourth-order valence-electron chi connectivity index (χ4n) is 2.15. The number of carbonyl (C=O) groups is 1. The van der Waals surface area contributed by atoms with E-state index in [1.807, 2.05) is 25.1 Å². The third kappa shape index (κ3) is 4.60. The third-order valence-corrected chi connectivity index (χ3v) is 4.24. The number of morpholine rings is 1. The average molecular weight is 328 g/mol. The molecule has 1 fully saturated rings. The smallest absolute Gasteiger partial charge is 0.230 e. The van der Waals surface area contributed by atoms with Crippen LogP contribution in [0.2, 0.25) is 0 Å². The molecule has 5 heteroatoms. The summed E-state index contributed by atoms with van der Waals surface area (Å²) in [5, 5.41) is 2.95. The van der Waals surface area contributed by atoms with Crippen molar-refractivity contribution in [2.45, 2.75) is 13.3 Å². The van der Waals surface area contributed by atoms with Crippen LogP contribution in [0.15, 0.2) is 22.7 Å². The summed E-state index contributed by atoms with van der Waals surface area (Å²) in [6.07, 6.45) is 0.560. The first-order valence-electron chi connectivity index (χ1n) is 6.62. The lowest BCUT2D eigenvalue weighted by atomic mass is 10.2. The lowest BCUT2D eigenvalue weighted by Crippen LogP contribution is -3.14. The first-order chi connectivity index (χ1) is 9.15. The summed E-state index contributed by atoms with van der Waals surface area (Å²) in [5.74, 6) is 0.0840. The van der Waals surface area contributed by atoms with Crippen molar-refractivity contribution in [2.75, 3.05) is 38.2 Å². The van der Waals surface area contributed by atoms with E-state index >= 15 is 0 Å². The van der Waals surface area contributed by atoms with Gasteiger partial charge in [0, 0.05) is 10.2 Å². The van der Waals surface area contributed by atoms with Crippen LogP contribution < -0.4 is 10.2 Å². The van der Waals surface area contributed by atoms with Gasteiger partial charge in [-0.25, -0.2) is 0 Å². The monoisotopic (exact) mass is 327 g/mol. The lowest BCUT2D eigenvalue weighted by Gasteiger charge is -2.23. The maximum absolute atomic E-state index is 11.9. The molecular formula is C14H20BrN2O2+. The molecule has 0 atom stereocenters. The Morgan fingerprint density at radius 3 is 2.84 bits per heavy atom. The Morgan fingerprint density at radius 1 is 1.42 bits per heavy atom. The number of hydrogen-bond donors (Lipinski definition) is 2. The molecule has 1 aromatic carbocycles. The predicted octanol–water partition coefficient (Wildman–Crippen LogP) is 1.00. The van der Waals surface area contributed by atoms with E-state index in [1.54, 1.807) is 0 Å². The zero-order valence-electron chi connectivity index (χ0n) is 11.2. The number of amides is 1. The molecule has 1 saturated heterocycles. The molecule has 0 unspecified atom stereocenters. The van der Waals surface area contributed by atoms with Crippen molar-refractivity contribution in [1.29, 1.82) is 0 Å². The van der Waals surface area contributed by atoms with E-state index in [0.29, 0.717) is 6.42 Å². The van der Waals surface area contributed by atoms with Crippen LogP contribution in [0.4, 0.5) is 5.69 Å². The average Bonchev–Trinajstić information content (AvgIpc) is 2.42. The second kappa shape index (κ2) is 7.03. The molecule has 1 aliphatic heterocycles. The van der Waals surface area contributed by atoms with Crippen molar-refractivity contribution in [3.8, 4) is 0 Å². The Balaban J connectivity index is 1.78. The van der Waals surface area contributed by atoms with Crippen LogP contribution >= 0.6 is 15.9 Å². The Hall–Kier alpha value is -0.910. The second-order valence-corrected chi connectivity index (χ2v) is 5.73. The molecule has 104 valence electrons. The number of benzene rings is 1. The SMILES string of the molecule is Cc1cc(NC(=O)CC[NH+]2CCOCC2)ccc1Br. The summed E-state index contributed by atoms with van der Waals surface area (Å²) in [5.41, 5.74) is 1.99. The molecule has 2 N–H and O–H groups in total. The van der Waals surface area contributed by atoms with Gasteiger partial charge in [-0.2, -0.15) is 0 Å². The summed E-state index contributed by atoms with van der Waals surface area (Å²) < 4.78 is 6.36. The topological polar surface area (TPSA) is 42.8 Å². The summed E-state index contributed by atoms with van der Waals surface area (Å²) in [7, 11) is 0. The van der Waals surface area contributed by atoms with Crippen LogP contribution in [0.3, 0.4) is 0 Å². The van der Waals surface area contributed by atoms with Crippen molar-refractivity contribution >= 4 is 27.5 Å². The number of carbonyl (C=O) groups excluding carboxylic acids is 1. The zero-order valence-corrected chi connectivity index (χ0v) is 12.8. The fourth-order valence-corrected chi connectivity index (χ4v) is 2.39. The van der Waals surface area contributed by atoms with Gasteiger partial charge < -0.3 is 15.0 Å². The van der Waals surface area contributed by atoms with Crippen molar-refractivity contribution in [2.24, 2.45) is 0 Å². The molecule has 1 amide bonds. The molecule has 0 bridgehead atoms. The van der Waals surface area contributed by atoms with Crippen LogP contribution in [-0.4, -0.2) is 38.8 Å². The first kappa shape index (κ1) is 14.5. The molecule has 0 spiro atoms. The Bertz CT molecular complexity index is 445. The predicted molar refractivity (Wildman–Crippen MR) is 78.5 cm³/mol. The molecular weight excluding hydrogens is 308 g/mol. The van der Waals surface area contributed by atoms with E-state index in [2.05, 4.69) is 21.2 Å². The van der Waals surface area contributed by atoms with Gasteiger partial charge >= 0.3 is 0 Å². The zero-order chi connectivity index (χ0) is 13.7. The highest BCUT2D eigenvalue weighted by Gasteiger charge is 2.15. The highest BCUT2D eigenvalue weighted by Crippen LogP contribution is 2.19. The Morgan fingerprint density at radius 2 is 2.16 bits per heavy atom. The van der Waals surface area contributed by atoms with E-state index in [9.17, 15) is 4.79 Å². The van der Waals surface area contributed by atoms with Crippen LogP contribution in [-0.2, 0) is 9.53 Å². The molecule has 0 aromatic heterocycles. The number of anilines is 1. The molecule has 4 nitrogen and oxygen atoms in total. The Kier molecular flexibility index (Phi) is 5.36. The fraction of sp³-hybridized carbons (Fsp3) is 0.500. The van der Waals surface area contributed by atoms with E-state index < -0.39 is 0 Å². The van der Waals surface area contributed by atoms with Gasteiger partial charge in [0.2, 0.25) is 5.91 Å². The van der Waals surface area contributed by atoms with Gasteiger partial charge in [0.15, 0.2) is 0 Å². The highest BCUT2D eigenvalue weighted by atomic mass is 79.9. The lowest BCUT2D eigenvalue weighted by molar-refractivity contribution is -0.907. The van der Waals surface area contributed by atoms with Gasteiger partial charge in [-0.15, -0.1) is 0 Å². The molecule has 1 heterocycles. The Labute approximate surface area is 122 Å². The quantitative estimate of drug-likeness (QED) is 0.866. The number of quaternary nitrogens is 1.